The minimum absolute atomic E-state index is 0.262. The average Bonchev–Trinajstić information content (AvgIpc) is 2.64. The maximum Gasteiger partial charge on any atom is 0.410 e. The van der Waals surface area contributed by atoms with E-state index in [9.17, 15) is 9.59 Å². The van der Waals surface area contributed by atoms with Crippen LogP contribution in [0.2, 0.25) is 0 Å². The van der Waals surface area contributed by atoms with Crippen molar-refractivity contribution in [2.24, 2.45) is 5.92 Å². The van der Waals surface area contributed by atoms with Gasteiger partial charge in [-0.3, -0.25) is 0 Å². The van der Waals surface area contributed by atoms with Crippen molar-refractivity contribution in [3.63, 3.8) is 0 Å². The highest BCUT2D eigenvalue weighted by atomic mass is 16.6. The molecule has 1 heterocycles. The predicted octanol–water partition coefficient (Wildman–Crippen LogP) is 3.90. The van der Waals surface area contributed by atoms with Crippen molar-refractivity contribution < 1.29 is 23.8 Å². The standard InChI is InChI=1S/C21H29NO5/c1-21(2,3)27-20(24)22-12-10-17(11-13-22)15-26-19(23)9-8-16-6-5-7-18(14-16)25-4/h5-9,14,17H,10-13,15H2,1-4H3. The molecule has 1 amide bonds. The summed E-state index contributed by atoms with van der Waals surface area (Å²) in [6.45, 7) is 7.18. The molecule has 0 unspecified atom stereocenters. The molecule has 1 aliphatic heterocycles. The van der Waals surface area contributed by atoms with Crippen LogP contribution in [0.25, 0.3) is 6.08 Å². The van der Waals surface area contributed by atoms with Crippen LogP contribution >= 0.6 is 0 Å². The van der Waals surface area contributed by atoms with Gasteiger partial charge in [0.05, 0.1) is 13.7 Å². The Morgan fingerprint density at radius 3 is 2.56 bits per heavy atom. The lowest BCUT2D eigenvalue weighted by atomic mass is 9.98. The van der Waals surface area contributed by atoms with Crippen molar-refractivity contribution in [2.45, 2.75) is 39.2 Å². The SMILES string of the molecule is COc1cccc(C=CC(=O)OCC2CCN(C(=O)OC(C)(C)C)CC2)c1. The first kappa shape index (κ1) is 20.8. The predicted molar refractivity (Wildman–Crippen MR) is 104 cm³/mol. The highest BCUT2D eigenvalue weighted by Gasteiger charge is 2.27. The maximum absolute atomic E-state index is 12.1. The van der Waals surface area contributed by atoms with E-state index in [-0.39, 0.29) is 18.0 Å². The molecule has 1 saturated heterocycles. The third-order valence-corrected chi connectivity index (χ3v) is 4.23. The number of ether oxygens (including phenoxy) is 3. The summed E-state index contributed by atoms with van der Waals surface area (Å²) in [4.78, 5) is 25.7. The van der Waals surface area contributed by atoms with Crippen LogP contribution in [0, 0.1) is 5.92 Å². The Balaban J connectivity index is 1.72. The van der Waals surface area contributed by atoms with Crippen molar-refractivity contribution >= 4 is 18.1 Å². The van der Waals surface area contributed by atoms with Gasteiger partial charge in [-0.2, -0.15) is 0 Å². The zero-order chi connectivity index (χ0) is 19.9. The fraction of sp³-hybridized carbons (Fsp3) is 0.524. The Hall–Kier alpha value is -2.50. The van der Waals surface area contributed by atoms with E-state index in [0.29, 0.717) is 19.7 Å². The molecule has 0 aromatic heterocycles. The van der Waals surface area contributed by atoms with Crippen LogP contribution in [0.5, 0.6) is 5.75 Å². The van der Waals surface area contributed by atoms with Crippen molar-refractivity contribution in [3.05, 3.63) is 35.9 Å². The lowest BCUT2D eigenvalue weighted by Gasteiger charge is -2.33. The molecular formula is C21H29NO5. The molecule has 1 aromatic carbocycles. The van der Waals surface area contributed by atoms with E-state index in [1.165, 1.54) is 6.08 Å². The van der Waals surface area contributed by atoms with Gasteiger partial charge >= 0.3 is 12.1 Å². The lowest BCUT2D eigenvalue weighted by Crippen LogP contribution is -2.42. The third kappa shape index (κ3) is 7.33. The average molecular weight is 375 g/mol. The fourth-order valence-electron chi connectivity index (χ4n) is 2.77. The molecule has 6 nitrogen and oxygen atoms in total. The van der Waals surface area contributed by atoms with E-state index in [4.69, 9.17) is 14.2 Å². The quantitative estimate of drug-likeness (QED) is 0.577. The highest BCUT2D eigenvalue weighted by Crippen LogP contribution is 2.20. The normalized spacial score (nSPS) is 15.6. The zero-order valence-corrected chi connectivity index (χ0v) is 16.6. The number of nitrogens with zero attached hydrogens (tertiary/aromatic N) is 1. The van der Waals surface area contributed by atoms with Crippen LogP contribution in [-0.2, 0) is 14.3 Å². The summed E-state index contributed by atoms with van der Waals surface area (Å²) in [5.41, 5.74) is 0.385. The summed E-state index contributed by atoms with van der Waals surface area (Å²) < 4.78 is 15.9. The zero-order valence-electron chi connectivity index (χ0n) is 16.6. The van der Waals surface area contributed by atoms with Crippen molar-refractivity contribution in [2.75, 3.05) is 26.8 Å². The van der Waals surface area contributed by atoms with Crippen LogP contribution in [0.4, 0.5) is 4.79 Å². The van der Waals surface area contributed by atoms with Gasteiger partial charge in [-0.1, -0.05) is 12.1 Å². The number of amides is 1. The molecule has 0 saturated carbocycles. The number of carbonyl (C=O) groups is 2. The van der Waals surface area contributed by atoms with Gasteiger partial charge in [-0.05, 0) is 63.3 Å². The van der Waals surface area contributed by atoms with Crippen LogP contribution in [0.3, 0.4) is 0 Å². The van der Waals surface area contributed by atoms with Gasteiger partial charge < -0.3 is 19.1 Å². The molecule has 1 aromatic rings. The monoisotopic (exact) mass is 375 g/mol. The third-order valence-electron chi connectivity index (χ3n) is 4.23. The van der Waals surface area contributed by atoms with E-state index in [1.807, 2.05) is 45.0 Å². The molecule has 2 rings (SSSR count). The van der Waals surface area contributed by atoms with Gasteiger partial charge in [0.25, 0.3) is 0 Å². The number of piperidine rings is 1. The lowest BCUT2D eigenvalue weighted by molar-refractivity contribution is -0.139. The van der Waals surface area contributed by atoms with E-state index in [0.717, 1.165) is 24.2 Å². The largest absolute Gasteiger partial charge is 0.497 e. The summed E-state index contributed by atoms with van der Waals surface area (Å²) in [5, 5.41) is 0. The Morgan fingerprint density at radius 1 is 1.22 bits per heavy atom. The topological polar surface area (TPSA) is 65.1 Å². The molecule has 0 bridgehead atoms. The summed E-state index contributed by atoms with van der Waals surface area (Å²) in [7, 11) is 1.60. The Morgan fingerprint density at radius 2 is 1.93 bits per heavy atom. The first-order valence-electron chi connectivity index (χ1n) is 9.23. The Bertz CT molecular complexity index is 669. The second-order valence-corrected chi connectivity index (χ2v) is 7.65. The van der Waals surface area contributed by atoms with Gasteiger partial charge in [0.2, 0.25) is 0 Å². The summed E-state index contributed by atoms with van der Waals surface area (Å²) in [6, 6.07) is 7.44. The molecule has 6 heteroatoms. The molecule has 0 aliphatic carbocycles. The van der Waals surface area contributed by atoms with Crippen LogP contribution in [0.1, 0.15) is 39.2 Å². The van der Waals surface area contributed by atoms with Crippen LogP contribution in [-0.4, -0.2) is 49.4 Å². The second kappa shape index (κ2) is 9.44. The van der Waals surface area contributed by atoms with E-state index in [1.54, 1.807) is 18.1 Å². The van der Waals surface area contributed by atoms with Gasteiger partial charge in [-0.15, -0.1) is 0 Å². The first-order chi connectivity index (χ1) is 12.8. The first-order valence-corrected chi connectivity index (χ1v) is 9.23. The van der Waals surface area contributed by atoms with E-state index < -0.39 is 5.60 Å². The molecule has 1 aliphatic rings. The minimum atomic E-state index is -0.488. The smallest absolute Gasteiger partial charge is 0.410 e. The van der Waals surface area contributed by atoms with Crippen LogP contribution in [0.15, 0.2) is 30.3 Å². The minimum Gasteiger partial charge on any atom is -0.497 e. The molecular weight excluding hydrogens is 346 g/mol. The number of hydrogen-bond acceptors (Lipinski definition) is 5. The Kier molecular flexibility index (Phi) is 7.28. The van der Waals surface area contributed by atoms with Gasteiger partial charge in [0.1, 0.15) is 11.4 Å². The number of likely N-dealkylation sites (tertiary alicyclic amines) is 1. The van der Waals surface area contributed by atoms with Gasteiger partial charge in [0.15, 0.2) is 0 Å². The number of methoxy groups -OCH3 is 1. The molecule has 1 fully saturated rings. The molecule has 27 heavy (non-hydrogen) atoms. The molecule has 148 valence electrons. The fourth-order valence-corrected chi connectivity index (χ4v) is 2.77. The molecule has 0 N–H and O–H groups in total. The van der Waals surface area contributed by atoms with Gasteiger partial charge in [-0.25, -0.2) is 9.59 Å². The summed E-state index contributed by atoms with van der Waals surface area (Å²) in [5.74, 6) is 0.632. The molecule has 0 atom stereocenters. The maximum atomic E-state index is 12.1. The second-order valence-electron chi connectivity index (χ2n) is 7.65. The number of rotatable bonds is 5. The number of benzene rings is 1. The molecule has 0 radical (unpaired) electrons. The van der Waals surface area contributed by atoms with Crippen LogP contribution < -0.4 is 4.74 Å². The van der Waals surface area contributed by atoms with Gasteiger partial charge in [0, 0.05) is 19.2 Å². The number of hydrogen-bond donors (Lipinski definition) is 0. The summed E-state index contributed by atoms with van der Waals surface area (Å²) in [6.07, 6.45) is 4.44. The van der Waals surface area contributed by atoms with Crippen molar-refractivity contribution in [1.82, 2.24) is 4.90 Å². The van der Waals surface area contributed by atoms with E-state index in [2.05, 4.69) is 0 Å². The molecule has 0 spiro atoms. The van der Waals surface area contributed by atoms with Crippen molar-refractivity contribution in [1.29, 1.82) is 0 Å². The highest BCUT2D eigenvalue weighted by molar-refractivity contribution is 5.87. The van der Waals surface area contributed by atoms with E-state index >= 15 is 0 Å². The number of esters is 1. The summed E-state index contributed by atoms with van der Waals surface area (Å²) >= 11 is 0. The van der Waals surface area contributed by atoms with Crippen molar-refractivity contribution in [3.8, 4) is 5.75 Å². The number of carbonyl (C=O) groups excluding carboxylic acids is 2. The Labute approximate surface area is 161 Å².